The predicted molar refractivity (Wildman–Crippen MR) is 75.8 cm³/mol. The highest BCUT2D eigenvalue weighted by atomic mass is 16.6. The van der Waals surface area contributed by atoms with Crippen LogP contribution in [-0.4, -0.2) is 59.8 Å². The van der Waals surface area contributed by atoms with E-state index in [1.165, 1.54) is 23.1 Å². The number of hydrogen-bond donors (Lipinski definition) is 1. The third-order valence-electron chi connectivity index (χ3n) is 3.33. The van der Waals surface area contributed by atoms with Crippen LogP contribution in [0.5, 0.6) is 0 Å². The van der Waals surface area contributed by atoms with Crippen LogP contribution < -0.4 is 5.32 Å². The average molecular weight is 292 g/mol. The summed E-state index contributed by atoms with van der Waals surface area (Å²) in [5, 5.41) is 13.2. The maximum atomic E-state index is 12.0. The lowest BCUT2D eigenvalue weighted by Gasteiger charge is -2.31. The number of anilines is 1. The van der Waals surface area contributed by atoms with E-state index in [0.717, 1.165) is 0 Å². The molecule has 0 unspecified atom stereocenters. The van der Waals surface area contributed by atoms with Gasteiger partial charge >= 0.3 is 11.8 Å². The van der Waals surface area contributed by atoms with Crippen molar-refractivity contribution < 1.29 is 14.5 Å². The van der Waals surface area contributed by atoms with Crippen LogP contribution in [0, 0.1) is 10.1 Å². The van der Waals surface area contributed by atoms with Crippen molar-refractivity contribution in [1.29, 1.82) is 0 Å². The van der Waals surface area contributed by atoms with Crippen molar-refractivity contribution in [3.05, 3.63) is 34.4 Å². The van der Waals surface area contributed by atoms with Crippen molar-refractivity contribution in [2.75, 3.05) is 38.5 Å². The van der Waals surface area contributed by atoms with E-state index >= 15 is 0 Å². The van der Waals surface area contributed by atoms with Gasteiger partial charge in [-0.25, -0.2) is 0 Å². The molecule has 1 aromatic rings. The zero-order valence-electron chi connectivity index (χ0n) is 11.6. The maximum absolute atomic E-state index is 12.0. The molecule has 0 spiro atoms. The number of nitro groups is 1. The van der Waals surface area contributed by atoms with Gasteiger partial charge in [0.05, 0.1) is 4.92 Å². The van der Waals surface area contributed by atoms with Crippen molar-refractivity contribution in [3.8, 4) is 0 Å². The number of carbonyl (C=O) groups is 2. The molecule has 8 nitrogen and oxygen atoms in total. The number of para-hydroxylation sites is 2. The third-order valence-corrected chi connectivity index (χ3v) is 3.33. The molecule has 0 bridgehead atoms. The van der Waals surface area contributed by atoms with E-state index < -0.39 is 16.7 Å². The molecule has 1 aromatic carbocycles. The smallest absolute Gasteiger partial charge is 0.314 e. The van der Waals surface area contributed by atoms with Gasteiger partial charge in [-0.1, -0.05) is 12.1 Å². The van der Waals surface area contributed by atoms with Gasteiger partial charge in [0, 0.05) is 32.2 Å². The second-order valence-corrected chi connectivity index (χ2v) is 4.82. The van der Waals surface area contributed by atoms with Crippen LogP contribution in [-0.2, 0) is 9.59 Å². The van der Waals surface area contributed by atoms with Gasteiger partial charge in [0.15, 0.2) is 0 Å². The lowest BCUT2D eigenvalue weighted by atomic mass is 10.2. The second kappa shape index (κ2) is 6.31. The average Bonchev–Trinajstić information content (AvgIpc) is 2.47. The van der Waals surface area contributed by atoms with Crippen LogP contribution in [0.3, 0.4) is 0 Å². The lowest BCUT2D eigenvalue weighted by molar-refractivity contribution is -0.383. The Kier molecular flexibility index (Phi) is 4.49. The minimum atomic E-state index is -0.853. The Morgan fingerprint density at radius 2 is 1.81 bits per heavy atom. The molecule has 1 fully saturated rings. The fourth-order valence-electron chi connectivity index (χ4n) is 2.07. The summed E-state index contributed by atoms with van der Waals surface area (Å²) in [6, 6.07) is 5.72. The quantitative estimate of drug-likeness (QED) is 0.481. The number of piperazine rings is 1. The summed E-state index contributed by atoms with van der Waals surface area (Å²) in [6.45, 7) is 2.34. The lowest BCUT2D eigenvalue weighted by Crippen LogP contribution is -2.50. The number of nitro benzene ring substituents is 1. The molecule has 1 heterocycles. The highest BCUT2D eigenvalue weighted by Gasteiger charge is 2.26. The van der Waals surface area contributed by atoms with Gasteiger partial charge in [-0.2, -0.15) is 0 Å². The molecule has 8 heteroatoms. The Bertz CT molecular complexity index is 567. The first-order chi connectivity index (χ1) is 9.99. The topological polar surface area (TPSA) is 95.8 Å². The van der Waals surface area contributed by atoms with Crippen molar-refractivity contribution >= 4 is 23.2 Å². The number of nitrogens with zero attached hydrogens (tertiary/aromatic N) is 3. The minimum absolute atomic E-state index is 0.0231. The SMILES string of the molecule is CN1CCN(C(=O)C(=O)Nc2ccccc2[N+](=O)[O-])CC1. The fourth-order valence-corrected chi connectivity index (χ4v) is 2.07. The molecule has 112 valence electrons. The molecule has 1 N–H and O–H groups in total. The van der Waals surface area contributed by atoms with Gasteiger partial charge in [-0.05, 0) is 13.1 Å². The Hall–Kier alpha value is -2.48. The summed E-state index contributed by atoms with van der Waals surface area (Å²) in [4.78, 5) is 37.7. The van der Waals surface area contributed by atoms with E-state index in [1.807, 2.05) is 7.05 Å². The first kappa shape index (κ1) is 14.9. The first-order valence-corrected chi connectivity index (χ1v) is 6.51. The first-order valence-electron chi connectivity index (χ1n) is 6.51. The standard InChI is InChI=1S/C13H16N4O4/c1-15-6-8-16(9-7-15)13(19)12(18)14-10-4-2-3-5-11(10)17(20)21/h2-5H,6-9H2,1H3,(H,14,18). The summed E-state index contributed by atoms with van der Waals surface area (Å²) in [7, 11) is 1.94. The van der Waals surface area contributed by atoms with Gasteiger partial charge in [-0.3, -0.25) is 19.7 Å². The summed E-state index contributed by atoms with van der Waals surface area (Å²) in [5.74, 6) is -1.52. The molecular formula is C13H16N4O4. The summed E-state index contributed by atoms with van der Waals surface area (Å²) < 4.78 is 0. The van der Waals surface area contributed by atoms with Crippen molar-refractivity contribution in [2.45, 2.75) is 0 Å². The van der Waals surface area contributed by atoms with Crippen LogP contribution in [0.15, 0.2) is 24.3 Å². The largest absolute Gasteiger partial charge is 0.332 e. The Balaban J connectivity index is 2.04. The summed E-state index contributed by atoms with van der Waals surface area (Å²) >= 11 is 0. The summed E-state index contributed by atoms with van der Waals surface area (Å²) in [6.07, 6.45) is 0. The Morgan fingerprint density at radius 3 is 2.43 bits per heavy atom. The van der Waals surface area contributed by atoms with Crippen LogP contribution in [0.1, 0.15) is 0 Å². The third kappa shape index (κ3) is 3.54. The highest BCUT2D eigenvalue weighted by Crippen LogP contribution is 2.23. The van der Waals surface area contributed by atoms with E-state index in [2.05, 4.69) is 10.2 Å². The van der Waals surface area contributed by atoms with Crippen LogP contribution >= 0.6 is 0 Å². The molecule has 2 amide bonds. The van der Waals surface area contributed by atoms with Gasteiger partial charge in [-0.15, -0.1) is 0 Å². The highest BCUT2D eigenvalue weighted by molar-refractivity contribution is 6.39. The predicted octanol–water partition coefficient (Wildman–Crippen LogP) is 0.307. The molecule has 1 saturated heterocycles. The Morgan fingerprint density at radius 1 is 1.19 bits per heavy atom. The minimum Gasteiger partial charge on any atom is -0.332 e. The van der Waals surface area contributed by atoms with Gasteiger partial charge in [0.25, 0.3) is 5.69 Å². The number of benzene rings is 1. The van der Waals surface area contributed by atoms with Crippen molar-refractivity contribution in [2.24, 2.45) is 0 Å². The number of amides is 2. The van der Waals surface area contributed by atoms with Gasteiger partial charge < -0.3 is 15.1 Å². The monoisotopic (exact) mass is 292 g/mol. The van der Waals surface area contributed by atoms with Crippen LogP contribution in [0.2, 0.25) is 0 Å². The molecule has 1 aliphatic heterocycles. The molecule has 0 aliphatic carbocycles. The fraction of sp³-hybridized carbons (Fsp3) is 0.385. The van der Waals surface area contributed by atoms with E-state index in [9.17, 15) is 19.7 Å². The molecule has 21 heavy (non-hydrogen) atoms. The van der Waals surface area contributed by atoms with Crippen molar-refractivity contribution in [1.82, 2.24) is 9.80 Å². The molecule has 0 radical (unpaired) electrons. The molecule has 0 saturated carbocycles. The molecular weight excluding hydrogens is 276 g/mol. The number of likely N-dealkylation sites (N-methyl/N-ethyl adjacent to an activating group) is 1. The maximum Gasteiger partial charge on any atom is 0.314 e. The summed E-state index contributed by atoms with van der Waals surface area (Å²) in [5.41, 5.74) is -0.216. The zero-order valence-corrected chi connectivity index (χ0v) is 11.6. The van der Waals surface area contributed by atoms with Crippen LogP contribution in [0.4, 0.5) is 11.4 Å². The molecule has 2 rings (SSSR count). The van der Waals surface area contributed by atoms with Crippen LogP contribution in [0.25, 0.3) is 0 Å². The molecule has 0 aromatic heterocycles. The number of nitrogens with one attached hydrogen (secondary N) is 1. The Labute approximate surface area is 121 Å². The molecule has 0 atom stereocenters. The molecule has 1 aliphatic rings. The van der Waals surface area contributed by atoms with E-state index in [4.69, 9.17) is 0 Å². The number of hydrogen-bond acceptors (Lipinski definition) is 5. The van der Waals surface area contributed by atoms with E-state index in [0.29, 0.717) is 26.2 Å². The zero-order chi connectivity index (χ0) is 15.4. The second-order valence-electron chi connectivity index (χ2n) is 4.82. The normalized spacial score (nSPS) is 15.6. The van der Waals surface area contributed by atoms with Crippen molar-refractivity contribution in [3.63, 3.8) is 0 Å². The van der Waals surface area contributed by atoms with Gasteiger partial charge in [0.1, 0.15) is 5.69 Å². The van der Waals surface area contributed by atoms with E-state index in [-0.39, 0.29) is 11.4 Å². The number of carbonyl (C=O) groups excluding carboxylic acids is 2. The van der Waals surface area contributed by atoms with E-state index in [1.54, 1.807) is 6.07 Å². The van der Waals surface area contributed by atoms with Gasteiger partial charge in [0.2, 0.25) is 0 Å². The number of rotatable bonds is 2.